The van der Waals surface area contributed by atoms with Crippen LogP contribution in [0.25, 0.3) is 11.1 Å². The van der Waals surface area contributed by atoms with Gasteiger partial charge in [-0.1, -0.05) is 37.1 Å². The van der Waals surface area contributed by atoms with E-state index < -0.39 is 33.5 Å². The number of carbonyl (C=O) groups excluding carboxylic acids is 1. The summed E-state index contributed by atoms with van der Waals surface area (Å²) in [5.74, 6) is -0.172. The van der Waals surface area contributed by atoms with E-state index in [1.807, 2.05) is 12.1 Å². The number of phenols is 1. The van der Waals surface area contributed by atoms with Crippen LogP contribution in [-0.4, -0.2) is 62.1 Å². The van der Waals surface area contributed by atoms with E-state index in [0.29, 0.717) is 36.4 Å². The van der Waals surface area contributed by atoms with Gasteiger partial charge in [0.2, 0.25) is 15.9 Å². The minimum atomic E-state index is -3.83. The number of ether oxygens (including phenoxy) is 2. The quantitative estimate of drug-likeness (QED) is 0.192. The molecule has 45 heavy (non-hydrogen) atoms. The van der Waals surface area contributed by atoms with Crippen LogP contribution in [-0.2, 0) is 24.3 Å². The van der Waals surface area contributed by atoms with Crippen LogP contribution in [0.3, 0.4) is 0 Å². The summed E-state index contributed by atoms with van der Waals surface area (Å²) in [5.41, 5.74) is 4.42. The summed E-state index contributed by atoms with van der Waals surface area (Å²) in [7, 11) is -0.736. The van der Waals surface area contributed by atoms with Crippen molar-refractivity contribution in [3.05, 3.63) is 83.9 Å². The lowest BCUT2D eigenvalue weighted by Gasteiger charge is -2.29. The predicted octanol–water partition coefficient (Wildman–Crippen LogP) is 5.68. The number of hydrogen-bond acceptors (Lipinski definition) is 7. The first-order valence-electron chi connectivity index (χ1n) is 15.0. The molecular weight excluding hydrogens is 596 g/mol. The molecule has 1 saturated heterocycles. The number of carboxylic acid groups (broad SMARTS) is 1. The smallest absolute Gasteiger partial charge is 0.303 e. The van der Waals surface area contributed by atoms with Crippen molar-refractivity contribution in [1.82, 2.24) is 0 Å². The molecule has 2 aliphatic rings. The van der Waals surface area contributed by atoms with Gasteiger partial charge < -0.3 is 25.0 Å². The van der Waals surface area contributed by atoms with Crippen LogP contribution in [0.5, 0.6) is 11.5 Å². The number of aromatic hydroxyl groups is 1. The van der Waals surface area contributed by atoms with E-state index >= 15 is 0 Å². The van der Waals surface area contributed by atoms with Gasteiger partial charge in [-0.2, -0.15) is 0 Å². The van der Waals surface area contributed by atoms with Crippen LogP contribution in [0.4, 0.5) is 11.4 Å². The molecule has 3 unspecified atom stereocenters. The molecule has 2 heterocycles. The number of carbonyl (C=O) groups is 2. The molecule has 2 bridgehead atoms. The van der Waals surface area contributed by atoms with Gasteiger partial charge in [0, 0.05) is 25.6 Å². The van der Waals surface area contributed by atoms with Gasteiger partial charge in [0.15, 0.2) is 0 Å². The number of hydrogen-bond donors (Lipinski definition) is 3. The molecule has 3 aromatic rings. The zero-order valence-corrected chi connectivity index (χ0v) is 26.1. The topological polar surface area (TPSA) is 142 Å². The number of unbranched alkanes of at least 4 members (excludes halogenated alkanes) is 3. The number of aliphatic carboxylic acids is 1. The molecule has 0 saturated carbocycles. The molecule has 5 rings (SSSR count). The molecule has 11 heteroatoms. The fourth-order valence-electron chi connectivity index (χ4n) is 6.02. The number of carboxylic acids is 1. The number of rotatable bonds is 14. The maximum absolute atomic E-state index is 14.0. The third-order valence-corrected chi connectivity index (χ3v) is 10.6. The molecule has 0 spiro atoms. The predicted molar refractivity (Wildman–Crippen MR) is 173 cm³/mol. The molecule has 3 aromatic carbocycles. The van der Waals surface area contributed by atoms with Crippen molar-refractivity contribution in [2.24, 2.45) is 0 Å². The summed E-state index contributed by atoms with van der Waals surface area (Å²) in [6.07, 6.45) is 2.43. The first-order valence-corrected chi connectivity index (χ1v) is 16.5. The van der Waals surface area contributed by atoms with Gasteiger partial charge in [-0.25, -0.2) is 8.42 Å². The van der Waals surface area contributed by atoms with E-state index in [-0.39, 0.29) is 24.5 Å². The zero-order valence-electron chi connectivity index (χ0n) is 25.3. The van der Waals surface area contributed by atoms with E-state index in [9.17, 15) is 23.1 Å². The Labute approximate surface area is 263 Å². The van der Waals surface area contributed by atoms with Crippen LogP contribution in [0.15, 0.2) is 72.8 Å². The summed E-state index contributed by atoms with van der Waals surface area (Å²) >= 11 is 0. The Morgan fingerprint density at radius 3 is 2.11 bits per heavy atom. The van der Waals surface area contributed by atoms with Crippen LogP contribution in [0, 0.1) is 0 Å². The first-order chi connectivity index (χ1) is 21.6. The highest BCUT2D eigenvalue weighted by atomic mass is 32.2. The molecule has 1 fully saturated rings. The molecule has 0 radical (unpaired) electrons. The number of sulfonamides is 1. The second-order valence-corrected chi connectivity index (χ2v) is 13.5. The standard InChI is InChI=1S/C34H38N2O8S/c1-36(25-15-19-27(43-2)20-16-25)45(41,42)29-21-28-32(22-11-17-26(37)18-12-22)33(34(29)44-28)23-9-13-24(14-10-23)35-30(38)7-5-3-4-6-8-31(39)40/h9-20,28-29,34,37H,3-8,21H2,1-2H3,(H,35,38)(H,39,40). The second kappa shape index (κ2) is 13.7. The third kappa shape index (κ3) is 7.15. The average Bonchev–Trinajstić information content (AvgIpc) is 3.63. The highest BCUT2D eigenvalue weighted by Crippen LogP contribution is 2.51. The van der Waals surface area contributed by atoms with Gasteiger partial charge in [0.05, 0.1) is 18.9 Å². The molecule has 0 aromatic heterocycles. The minimum absolute atomic E-state index is 0.124. The normalized spacial score (nSPS) is 19.0. The number of methoxy groups -OCH3 is 1. The Morgan fingerprint density at radius 2 is 1.49 bits per heavy atom. The van der Waals surface area contributed by atoms with Crippen LogP contribution >= 0.6 is 0 Å². The SMILES string of the molecule is COc1ccc(N(C)S(=O)(=O)C2CC3OC2C(c2ccc(NC(=O)CCCCCCC(=O)O)cc2)=C3c2ccc(O)cc2)cc1. The number of amides is 1. The fourth-order valence-corrected chi connectivity index (χ4v) is 7.77. The zero-order chi connectivity index (χ0) is 32.1. The number of fused-ring (bicyclic) bond motifs is 2. The Bertz CT molecular complexity index is 1650. The third-order valence-electron chi connectivity index (χ3n) is 8.39. The Hall–Kier alpha value is -4.35. The molecular formula is C34H38N2O8S. The maximum atomic E-state index is 14.0. The van der Waals surface area contributed by atoms with E-state index in [0.717, 1.165) is 35.1 Å². The van der Waals surface area contributed by atoms with Crippen molar-refractivity contribution < 1.29 is 37.7 Å². The van der Waals surface area contributed by atoms with E-state index in [1.165, 1.54) is 4.31 Å². The van der Waals surface area contributed by atoms with Crippen molar-refractivity contribution in [1.29, 1.82) is 0 Å². The van der Waals surface area contributed by atoms with Crippen LogP contribution < -0.4 is 14.4 Å². The molecule has 3 N–H and O–H groups in total. The monoisotopic (exact) mass is 634 g/mol. The van der Waals surface area contributed by atoms with E-state index in [4.69, 9.17) is 14.6 Å². The molecule has 238 valence electrons. The van der Waals surface area contributed by atoms with Crippen molar-refractivity contribution >= 4 is 44.4 Å². The average molecular weight is 635 g/mol. The molecule has 2 aliphatic heterocycles. The summed E-state index contributed by atoms with van der Waals surface area (Å²) in [6, 6.07) is 21.0. The first kappa shape index (κ1) is 32.1. The largest absolute Gasteiger partial charge is 0.508 e. The lowest BCUT2D eigenvalue weighted by Crippen LogP contribution is -2.42. The fraction of sp³-hybridized carbons (Fsp3) is 0.353. The van der Waals surface area contributed by atoms with Gasteiger partial charge >= 0.3 is 5.97 Å². The highest BCUT2D eigenvalue weighted by molar-refractivity contribution is 7.93. The number of anilines is 2. The maximum Gasteiger partial charge on any atom is 0.303 e. The number of nitrogens with zero attached hydrogens (tertiary/aromatic N) is 1. The van der Waals surface area contributed by atoms with Gasteiger partial charge in [-0.3, -0.25) is 13.9 Å². The lowest BCUT2D eigenvalue weighted by molar-refractivity contribution is -0.137. The Morgan fingerprint density at radius 1 is 0.889 bits per heavy atom. The Kier molecular flexibility index (Phi) is 9.79. The number of phenolic OH excluding ortho intramolecular Hbond substituents is 1. The van der Waals surface area contributed by atoms with Gasteiger partial charge in [0.1, 0.15) is 22.9 Å². The summed E-state index contributed by atoms with van der Waals surface area (Å²) in [5, 5.41) is 20.7. The number of benzene rings is 3. The molecule has 10 nitrogen and oxygen atoms in total. The van der Waals surface area contributed by atoms with Crippen molar-refractivity contribution in [3.8, 4) is 11.5 Å². The number of nitrogens with one attached hydrogen (secondary N) is 1. The van der Waals surface area contributed by atoms with Crippen molar-refractivity contribution in [2.45, 2.75) is 62.4 Å². The van der Waals surface area contributed by atoms with Gasteiger partial charge in [-0.15, -0.1) is 0 Å². The van der Waals surface area contributed by atoms with Gasteiger partial charge in [0.25, 0.3) is 0 Å². The van der Waals surface area contributed by atoms with Crippen molar-refractivity contribution in [2.75, 3.05) is 23.8 Å². The van der Waals surface area contributed by atoms with Crippen molar-refractivity contribution in [3.63, 3.8) is 0 Å². The second-order valence-electron chi connectivity index (χ2n) is 11.3. The summed E-state index contributed by atoms with van der Waals surface area (Å²) in [6.45, 7) is 0. The highest BCUT2D eigenvalue weighted by Gasteiger charge is 2.53. The van der Waals surface area contributed by atoms with Crippen LogP contribution in [0.2, 0.25) is 0 Å². The molecule has 0 aliphatic carbocycles. The molecule has 1 amide bonds. The van der Waals surface area contributed by atoms with Gasteiger partial charge in [-0.05, 0) is 90.1 Å². The van der Waals surface area contributed by atoms with Crippen LogP contribution in [0.1, 0.15) is 56.1 Å². The minimum Gasteiger partial charge on any atom is -0.508 e. The lowest BCUT2D eigenvalue weighted by atomic mass is 9.83. The summed E-state index contributed by atoms with van der Waals surface area (Å²) < 4.78 is 40.8. The summed E-state index contributed by atoms with van der Waals surface area (Å²) in [4.78, 5) is 23.1. The van der Waals surface area contributed by atoms with E-state index in [2.05, 4.69) is 5.32 Å². The molecule has 3 atom stereocenters. The Balaban J connectivity index is 1.35. The van der Waals surface area contributed by atoms with E-state index in [1.54, 1.807) is 74.8 Å².